The van der Waals surface area contributed by atoms with Crippen molar-refractivity contribution in [2.45, 2.75) is 58.5 Å². The third kappa shape index (κ3) is 4.58. The van der Waals surface area contributed by atoms with Gasteiger partial charge in [0.05, 0.1) is 19.8 Å². The first-order valence-corrected chi connectivity index (χ1v) is 9.84. The van der Waals surface area contributed by atoms with Gasteiger partial charge in [-0.25, -0.2) is 4.79 Å². The molecule has 0 radical (unpaired) electrons. The minimum Gasteiger partial charge on any atom is -0.461 e. The molecular weight excluding hydrogens is 346 g/mol. The van der Waals surface area contributed by atoms with E-state index in [1.54, 1.807) is 14.0 Å². The molecule has 7 nitrogen and oxygen atoms in total. The Morgan fingerprint density at radius 2 is 2.11 bits per heavy atom. The highest BCUT2D eigenvalue weighted by Gasteiger charge is 2.30. The molecule has 27 heavy (non-hydrogen) atoms. The van der Waals surface area contributed by atoms with E-state index < -0.39 is 5.97 Å². The third-order valence-corrected chi connectivity index (χ3v) is 5.23. The molecule has 0 aromatic carbocycles. The smallest absolute Gasteiger partial charge is 0.359 e. The van der Waals surface area contributed by atoms with Crippen molar-refractivity contribution in [2.75, 3.05) is 26.9 Å². The minimum absolute atomic E-state index is 0.133. The molecule has 0 saturated heterocycles. The lowest BCUT2D eigenvalue weighted by Crippen LogP contribution is -2.37. The fraction of sp³-hybridized carbons (Fsp3) is 0.650. The lowest BCUT2D eigenvalue weighted by Gasteiger charge is -2.28. The van der Waals surface area contributed by atoms with Gasteiger partial charge in [-0.3, -0.25) is 9.48 Å². The molecule has 0 unspecified atom stereocenters. The monoisotopic (exact) mass is 375 g/mol. The lowest BCUT2D eigenvalue weighted by molar-refractivity contribution is -0.131. The van der Waals surface area contributed by atoms with Crippen molar-refractivity contribution in [3.05, 3.63) is 28.6 Å². The van der Waals surface area contributed by atoms with Crippen molar-refractivity contribution >= 4 is 11.9 Å². The number of fused-ring (bicyclic) bond motifs is 1. The van der Waals surface area contributed by atoms with Gasteiger partial charge in [-0.2, -0.15) is 5.10 Å². The predicted molar refractivity (Wildman–Crippen MR) is 100 cm³/mol. The van der Waals surface area contributed by atoms with E-state index >= 15 is 0 Å². The van der Waals surface area contributed by atoms with E-state index in [9.17, 15) is 9.59 Å². The molecule has 148 valence electrons. The number of aromatic nitrogens is 2. The summed E-state index contributed by atoms with van der Waals surface area (Å²) in [6.07, 6.45) is 7.87. The van der Waals surface area contributed by atoms with Crippen molar-refractivity contribution < 1.29 is 19.1 Å². The lowest BCUT2D eigenvalue weighted by atomic mass is 9.96. The standard InChI is InChI=1S/C20H29N3O4/c1-3-27-20(25)19-16-14-22(18(24)13-15-7-5-4-6-8-15)10-9-17(16)23(21-19)11-12-26-2/h7H,3-6,8-14H2,1-2H3. The number of methoxy groups -OCH3 is 1. The van der Waals surface area contributed by atoms with Crippen LogP contribution in [0.3, 0.4) is 0 Å². The highest BCUT2D eigenvalue weighted by molar-refractivity contribution is 5.89. The summed E-state index contributed by atoms with van der Waals surface area (Å²) in [6.45, 7) is 4.25. The molecule has 1 amide bonds. The molecule has 0 saturated carbocycles. The number of nitrogens with zero attached hydrogens (tertiary/aromatic N) is 3. The number of carbonyl (C=O) groups is 2. The molecule has 0 bridgehead atoms. The number of rotatable bonds is 7. The van der Waals surface area contributed by atoms with Crippen LogP contribution in [0.2, 0.25) is 0 Å². The van der Waals surface area contributed by atoms with Gasteiger partial charge in [0.25, 0.3) is 0 Å². The van der Waals surface area contributed by atoms with E-state index in [0.717, 1.165) is 24.1 Å². The fourth-order valence-electron chi connectivity index (χ4n) is 3.80. The first-order valence-electron chi connectivity index (χ1n) is 9.84. The summed E-state index contributed by atoms with van der Waals surface area (Å²) in [6, 6.07) is 0. The number of hydrogen-bond donors (Lipinski definition) is 0. The van der Waals surface area contributed by atoms with Gasteiger partial charge in [-0.05, 0) is 32.6 Å². The quantitative estimate of drug-likeness (QED) is 0.541. The second kappa shape index (κ2) is 9.17. The van der Waals surface area contributed by atoms with Gasteiger partial charge in [0.15, 0.2) is 5.69 Å². The maximum absolute atomic E-state index is 12.8. The summed E-state index contributed by atoms with van der Waals surface area (Å²) in [4.78, 5) is 27.0. The van der Waals surface area contributed by atoms with E-state index in [4.69, 9.17) is 9.47 Å². The average Bonchev–Trinajstić information content (AvgIpc) is 3.05. The zero-order valence-corrected chi connectivity index (χ0v) is 16.3. The van der Waals surface area contributed by atoms with Crippen LogP contribution in [0.5, 0.6) is 0 Å². The number of hydrogen-bond acceptors (Lipinski definition) is 5. The summed E-state index contributed by atoms with van der Waals surface area (Å²) in [7, 11) is 1.64. The minimum atomic E-state index is -0.422. The second-order valence-corrected chi connectivity index (χ2v) is 7.06. The molecule has 0 N–H and O–H groups in total. The first kappa shape index (κ1) is 19.6. The average molecular weight is 375 g/mol. The zero-order valence-electron chi connectivity index (χ0n) is 16.3. The topological polar surface area (TPSA) is 73.7 Å². The SMILES string of the molecule is CCOC(=O)c1nn(CCOC)c2c1CN(C(=O)CC1=CCCCC1)CC2. The van der Waals surface area contributed by atoms with Crippen molar-refractivity contribution in [1.82, 2.24) is 14.7 Å². The first-order chi connectivity index (χ1) is 13.1. The van der Waals surface area contributed by atoms with Gasteiger partial charge in [-0.15, -0.1) is 0 Å². The van der Waals surface area contributed by atoms with E-state index in [-0.39, 0.29) is 5.91 Å². The number of carbonyl (C=O) groups excluding carboxylic acids is 2. The Bertz CT molecular complexity index is 723. The Hall–Kier alpha value is -2.15. The number of ether oxygens (including phenoxy) is 2. The number of amides is 1. The summed E-state index contributed by atoms with van der Waals surface area (Å²) in [5.41, 5.74) is 3.41. The third-order valence-electron chi connectivity index (χ3n) is 5.23. The summed E-state index contributed by atoms with van der Waals surface area (Å²) in [5.74, 6) is -0.289. The van der Waals surface area contributed by atoms with Crippen LogP contribution in [-0.4, -0.2) is 53.4 Å². The zero-order chi connectivity index (χ0) is 19.2. The van der Waals surface area contributed by atoms with Crippen LogP contribution in [0.15, 0.2) is 11.6 Å². The van der Waals surface area contributed by atoms with Crippen LogP contribution in [0.1, 0.15) is 60.8 Å². The Labute approximate surface area is 160 Å². The summed E-state index contributed by atoms with van der Waals surface area (Å²) in [5, 5.41) is 4.47. The van der Waals surface area contributed by atoms with E-state index in [1.807, 2.05) is 9.58 Å². The van der Waals surface area contributed by atoms with E-state index in [0.29, 0.717) is 51.4 Å². The molecule has 0 atom stereocenters. The predicted octanol–water partition coefficient (Wildman–Crippen LogP) is 2.48. The van der Waals surface area contributed by atoms with Gasteiger partial charge >= 0.3 is 5.97 Å². The van der Waals surface area contributed by atoms with Crippen molar-refractivity contribution in [3.63, 3.8) is 0 Å². The molecule has 0 fully saturated rings. The maximum atomic E-state index is 12.8. The van der Waals surface area contributed by atoms with Crippen LogP contribution >= 0.6 is 0 Å². The maximum Gasteiger partial charge on any atom is 0.359 e. The number of esters is 1. The molecular formula is C20H29N3O4. The van der Waals surface area contributed by atoms with Crippen LogP contribution < -0.4 is 0 Å². The molecule has 1 aromatic rings. The van der Waals surface area contributed by atoms with Crippen LogP contribution in [-0.2, 0) is 33.8 Å². The normalized spacial score (nSPS) is 16.7. The van der Waals surface area contributed by atoms with E-state index in [1.165, 1.54) is 18.4 Å². The largest absolute Gasteiger partial charge is 0.461 e. The Morgan fingerprint density at radius 1 is 1.26 bits per heavy atom. The summed E-state index contributed by atoms with van der Waals surface area (Å²) < 4.78 is 12.2. The molecule has 0 spiro atoms. The Kier molecular flexibility index (Phi) is 6.66. The van der Waals surface area contributed by atoms with Gasteiger partial charge in [0.1, 0.15) is 0 Å². The van der Waals surface area contributed by atoms with Crippen molar-refractivity contribution in [3.8, 4) is 0 Å². The number of allylic oxidation sites excluding steroid dienone is 1. The Morgan fingerprint density at radius 3 is 2.81 bits per heavy atom. The molecule has 1 aliphatic heterocycles. The van der Waals surface area contributed by atoms with E-state index in [2.05, 4.69) is 11.2 Å². The van der Waals surface area contributed by atoms with Crippen molar-refractivity contribution in [1.29, 1.82) is 0 Å². The molecule has 2 heterocycles. The van der Waals surface area contributed by atoms with Crippen LogP contribution in [0.4, 0.5) is 0 Å². The van der Waals surface area contributed by atoms with Gasteiger partial charge in [0, 0.05) is 44.3 Å². The van der Waals surface area contributed by atoms with Gasteiger partial charge in [-0.1, -0.05) is 11.6 Å². The van der Waals surface area contributed by atoms with Gasteiger partial charge < -0.3 is 14.4 Å². The highest BCUT2D eigenvalue weighted by Crippen LogP contribution is 2.26. The van der Waals surface area contributed by atoms with Crippen LogP contribution in [0, 0.1) is 0 Å². The molecule has 3 rings (SSSR count). The second-order valence-electron chi connectivity index (χ2n) is 7.06. The van der Waals surface area contributed by atoms with Gasteiger partial charge in [0.2, 0.25) is 5.91 Å². The molecule has 1 aliphatic carbocycles. The highest BCUT2D eigenvalue weighted by atomic mass is 16.5. The van der Waals surface area contributed by atoms with Crippen LogP contribution in [0.25, 0.3) is 0 Å². The van der Waals surface area contributed by atoms with Crippen molar-refractivity contribution in [2.24, 2.45) is 0 Å². The fourth-order valence-corrected chi connectivity index (χ4v) is 3.80. The summed E-state index contributed by atoms with van der Waals surface area (Å²) >= 11 is 0. The molecule has 1 aromatic heterocycles. The molecule has 7 heteroatoms. The Balaban J connectivity index is 1.77. The molecule has 2 aliphatic rings.